The van der Waals surface area contributed by atoms with E-state index in [-0.39, 0.29) is 24.6 Å². The van der Waals surface area contributed by atoms with Crippen LogP contribution in [0.3, 0.4) is 0 Å². The summed E-state index contributed by atoms with van der Waals surface area (Å²) in [5.41, 5.74) is 0. The first-order valence-electron chi connectivity index (χ1n) is 11.0. The molecule has 1 aliphatic carbocycles. The Morgan fingerprint density at radius 1 is 1.11 bits per heavy atom. The second-order valence-corrected chi connectivity index (χ2v) is 8.37. The second kappa shape index (κ2) is 11.8. The maximum atomic E-state index is 6.34. The van der Waals surface area contributed by atoms with E-state index in [2.05, 4.69) is 26.2 Å². The maximum absolute atomic E-state index is 6.34. The Morgan fingerprint density at radius 2 is 1.93 bits per heavy atom. The van der Waals surface area contributed by atoms with Gasteiger partial charge in [0.1, 0.15) is 6.29 Å². The molecule has 0 spiro atoms. The lowest BCUT2D eigenvalue weighted by atomic mass is 9.90. The average Bonchev–Trinajstić information content (AvgIpc) is 3.24. The number of rotatable bonds is 10. The molecule has 0 radical (unpaired) electrons. The molecule has 0 bridgehead atoms. The molecule has 8 nitrogen and oxygen atoms in total. The fourth-order valence-electron chi connectivity index (χ4n) is 4.66. The third-order valence-corrected chi connectivity index (χ3v) is 6.42. The highest BCUT2D eigenvalue weighted by atomic mass is 16.6. The van der Waals surface area contributed by atoms with Crippen LogP contribution in [-0.4, -0.2) is 95.8 Å². The molecule has 3 fully saturated rings. The Labute approximate surface area is 170 Å². The van der Waals surface area contributed by atoms with Crippen molar-refractivity contribution in [1.82, 2.24) is 26.2 Å². The second-order valence-electron chi connectivity index (χ2n) is 8.37. The predicted molar refractivity (Wildman–Crippen MR) is 110 cm³/mol. The van der Waals surface area contributed by atoms with Gasteiger partial charge in [0, 0.05) is 33.4 Å². The molecule has 8 heteroatoms. The SMILES string of the molecule is CNC1CCNC(NC2CCC(OC)C(OCC(CN3CCCC3)OC)C2)N1. The van der Waals surface area contributed by atoms with Crippen LogP contribution in [0.4, 0.5) is 0 Å². The van der Waals surface area contributed by atoms with Crippen LogP contribution in [-0.2, 0) is 14.2 Å². The number of nitrogens with zero attached hydrogens (tertiary/aromatic N) is 1. The van der Waals surface area contributed by atoms with E-state index in [1.54, 1.807) is 14.2 Å². The first-order valence-corrected chi connectivity index (χ1v) is 11.0. The van der Waals surface area contributed by atoms with Crippen LogP contribution < -0.4 is 21.3 Å². The Bertz CT molecular complexity index is 438. The van der Waals surface area contributed by atoms with Crippen LogP contribution in [0.15, 0.2) is 0 Å². The summed E-state index contributed by atoms with van der Waals surface area (Å²) in [6.45, 7) is 4.97. The minimum atomic E-state index is 0.108. The Morgan fingerprint density at radius 3 is 2.64 bits per heavy atom. The summed E-state index contributed by atoms with van der Waals surface area (Å²) in [5, 5.41) is 14.1. The summed E-state index contributed by atoms with van der Waals surface area (Å²) < 4.78 is 17.8. The predicted octanol–water partition coefficient (Wildman–Crippen LogP) is 0.0515. The van der Waals surface area contributed by atoms with Gasteiger partial charge in [-0.05, 0) is 58.7 Å². The van der Waals surface area contributed by atoms with E-state index in [0.717, 1.165) is 38.8 Å². The van der Waals surface area contributed by atoms with Crippen molar-refractivity contribution in [2.45, 2.75) is 75.3 Å². The summed E-state index contributed by atoms with van der Waals surface area (Å²) in [6, 6.07) is 0.414. The van der Waals surface area contributed by atoms with Gasteiger partial charge in [0.05, 0.1) is 31.1 Å². The number of methoxy groups -OCH3 is 2. The maximum Gasteiger partial charge on any atom is 0.113 e. The van der Waals surface area contributed by atoms with Gasteiger partial charge >= 0.3 is 0 Å². The van der Waals surface area contributed by atoms with E-state index in [0.29, 0.717) is 18.8 Å². The largest absolute Gasteiger partial charge is 0.379 e. The van der Waals surface area contributed by atoms with Crippen LogP contribution in [0.1, 0.15) is 38.5 Å². The minimum Gasteiger partial charge on any atom is -0.379 e. The summed E-state index contributed by atoms with van der Waals surface area (Å²) in [5.74, 6) is 0. The van der Waals surface area contributed by atoms with E-state index >= 15 is 0 Å². The lowest BCUT2D eigenvalue weighted by Gasteiger charge is -2.40. The van der Waals surface area contributed by atoms with Crippen molar-refractivity contribution in [1.29, 1.82) is 0 Å². The zero-order valence-electron chi connectivity index (χ0n) is 17.9. The van der Waals surface area contributed by atoms with Crippen LogP contribution >= 0.6 is 0 Å². The number of hydrogen-bond acceptors (Lipinski definition) is 8. The Kier molecular flexibility index (Phi) is 9.39. The fourth-order valence-corrected chi connectivity index (χ4v) is 4.66. The van der Waals surface area contributed by atoms with E-state index < -0.39 is 0 Å². The van der Waals surface area contributed by atoms with Gasteiger partial charge in [-0.1, -0.05) is 0 Å². The molecule has 0 aromatic carbocycles. The summed E-state index contributed by atoms with van der Waals surface area (Å²) >= 11 is 0. The quantitative estimate of drug-likeness (QED) is 0.411. The van der Waals surface area contributed by atoms with E-state index in [4.69, 9.17) is 14.2 Å². The Balaban J connectivity index is 1.45. The van der Waals surface area contributed by atoms with Crippen LogP contribution in [0, 0.1) is 0 Å². The standard InChI is InChI=1S/C20H41N5O3/c1-21-19-8-9-22-20(24-19)23-15-6-7-17(27-3)18(12-15)28-14-16(26-2)13-25-10-4-5-11-25/h15-24H,4-14H2,1-3H3. The molecule has 6 unspecified atom stereocenters. The third kappa shape index (κ3) is 6.60. The van der Waals surface area contributed by atoms with Gasteiger partial charge in [0.15, 0.2) is 0 Å². The van der Waals surface area contributed by atoms with Crippen LogP contribution in [0.25, 0.3) is 0 Å². The lowest BCUT2D eigenvalue weighted by molar-refractivity contribution is -0.109. The molecule has 0 aromatic heterocycles. The molecule has 1 saturated carbocycles. The van der Waals surface area contributed by atoms with Gasteiger partial charge in [0.25, 0.3) is 0 Å². The molecule has 3 aliphatic rings. The van der Waals surface area contributed by atoms with Crippen molar-refractivity contribution < 1.29 is 14.2 Å². The topological polar surface area (TPSA) is 79.0 Å². The molecule has 0 amide bonds. The first-order chi connectivity index (χ1) is 13.7. The monoisotopic (exact) mass is 399 g/mol. The number of nitrogens with one attached hydrogen (secondary N) is 4. The molecule has 6 atom stereocenters. The van der Waals surface area contributed by atoms with Crippen LogP contribution in [0.2, 0.25) is 0 Å². The van der Waals surface area contributed by atoms with Gasteiger partial charge in [-0.2, -0.15) is 0 Å². The molecule has 2 heterocycles. The zero-order chi connectivity index (χ0) is 19.8. The molecule has 3 rings (SSSR count). The normalized spacial score (nSPS) is 35.9. The number of likely N-dealkylation sites (tertiary alicyclic amines) is 1. The van der Waals surface area contributed by atoms with Gasteiger partial charge < -0.3 is 24.4 Å². The lowest BCUT2D eigenvalue weighted by Crippen LogP contribution is -2.66. The highest BCUT2D eigenvalue weighted by Gasteiger charge is 2.33. The van der Waals surface area contributed by atoms with E-state index in [1.165, 1.54) is 25.9 Å². The molecule has 0 aromatic rings. The third-order valence-electron chi connectivity index (χ3n) is 6.42. The zero-order valence-corrected chi connectivity index (χ0v) is 17.9. The van der Waals surface area contributed by atoms with Gasteiger partial charge in [-0.25, -0.2) is 0 Å². The summed E-state index contributed by atoms with van der Waals surface area (Å²) in [4.78, 5) is 2.48. The molecule has 164 valence electrons. The molecular formula is C20H41N5O3. The van der Waals surface area contributed by atoms with E-state index in [1.807, 2.05) is 7.05 Å². The molecule has 2 aliphatic heterocycles. The van der Waals surface area contributed by atoms with Gasteiger partial charge in [-0.15, -0.1) is 0 Å². The van der Waals surface area contributed by atoms with Crippen molar-refractivity contribution in [2.24, 2.45) is 0 Å². The van der Waals surface area contributed by atoms with Gasteiger partial charge in [-0.3, -0.25) is 16.0 Å². The highest BCUT2D eigenvalue weighted by molar-refractivity contribution is 4.88. The molecule has 4 N–H and O–H groups in total. The van der Waals surface area contributed by atoms with Crippen molar-refractivity contribution in [3.05, 3.63) is 0 Å². The van der Waals surface area contributed by atoms with Crippen LogP contribution in [0.5, 0.6) is 0 Å². The smallest absolute Gasteiger partial charge is 0.113 e. The molecule has 28 heavy (non-hydrogen) atoms. The summed E-state index contributed by atoms with van der Waals surface area (Å²) in [7, 11) is 5.60. The highest BCUT2D eigenvalue weighted by Crippen LogP contribution is 2.25. The first kappa shape index (κ1) is 22.4. The molecule has 2 saturated heterocycles. The van der Waals surface area contributed by atoms with Crippen molar-refractivity contribution in [3.8, 4) is 0 Å². The fraction of sp³-hybridized carbons (Fsp3) is 1.00. The summed E-state index contributed by atoms with van der Waals surface area (Å²) in [6.07, 6.45) is 7.67. The Hall–Kier alpha value is -0.320. The van der Waals surface area contributed by atoms with Crippen molar-refractivity contribution >= 4 is 0 Å². The number of ether oxygens (including phenoxy) is 3. The average molecular weight is 400 g/mol. The van der Waals surface area contributed by atoms with Gasteiger partial charge in [0.2, 0.25) is 0 Å². The minimum absolute atomic E-state index is 0.108. The van der Waals surface area contributed by atoms with Crippen molar-refractivity contribution in [2.75, 3.05) is 54.1 Å². The number of hydrogen-bond donors (Lipinski definition) is 4. The van der Waals surface area contributed by atoms with E-state index in [9.17, 15) is 0 Å². The molecular weight excluding hydrogens is 358 g/mol. The van der Waals surface area contributed by atoms with Crippen molar-refractivity contribution in [3.63, 3.8) is 0 Å².